The summed E-state index contributed by atoms with van der Waals surface area (Å²) in [6, 6.07) is 52.7. The van der Waals surface area contributed by atoms with Crippen LogP contribution >= 0.6 is 0 Å². The first-order valence-corrected chi connectivity index (χ1v) is 15.0. The highest BCUT2D eigenvalue weighted by atomic mass is 15.2. The maximum atomic E-state index is 2.44. The molecule has 0 radical (unpaired) electrons. The van der Waals surface area contributed by atoms with E-state index in [4.69, 9.17) is 0 Å². The second-order valence-corrected chi connectivity index (χ2v) is 12.3. The van der Waals surface area contributed by atoms with Crippen molar-refractivity contribution >= 4 is 55.0 Å². The van der Waals surface area contributed by atoms with E-state index in [0.717, 1.165) is 11.4 Å². The molecule has 3 heteroatoms. The van der Waals surface area contributed by atoms with Gasteiger partial charge in [0.05, 0.1) is 22.1 Å². The number of para-hydroxylation sites is 4. The van der Waals surface area contributed by atoms with Crippen molar-refractivity contribution in [3.05, 3.63) is 146 Å². The summed E-state index contributed by atoms with van der Waals surface area (Å²) in [7, 11) is 0. The quantitative estimate of drug-likeness (QED) is 0.210. The van der Waals surface area contributed by atoms with E-state index in [-0.39, 0.29) is 5.54 Å². The van der Waals surface area contributed by atoms with Gasteiger partial charge >= 0.3 is 0 Å². The van der Waals surface area contributed by atoms with Crippen molar-refractivity contribution in [3.8, 4) is 11.4 Å². The van der Waals surface area contributed by atoms with E-state index in [2.05, 4.69) is 180 Å². The van der Waals surface area contributed by atoms with Crippen LogP contribution in [0.3, 0.4) is 0 Å². The minimum absolute atomic E-state index is 0.110. The molecule has 0 fully saturated rings. The van der Waals surface area contributed by atoms with Crippen molar-refractivity contribution in [3.63, 3.8) is 0 Å². The molecule has 8 rings (SSSR count). The molecule has 8 aromatic rings. The second-order valence-electron chi connectivity index (χ2n) is 12.3. The van der Waals surface area contributed by atoms with Gasteiger partial charge in [0.25, 0.3) is 0 Å². The number of aromatic nitrogens is 2. The Labute approximate surface area is 251 Å². The number of fused-ring (bicyclic) bond motifs is 6. The van der Waals surface area contributed by atoms with E-state index in [1.165, 1.54) is 55.0 Å². The minimum atomic E-state index is -0.110. The lowest BCUT2D eigenvalue weighted by molar-refractivity contribution is 0.560. The van der Waals surface area contributed by atoms with Gasteiger partial charge in [-0.2, -0.15) is 0 Å². The molecule has 0 aliphatic rings. The predicted octanol–water partition coefficient (Wildman–Crippen LogP) is 10.8. The molecular weight excluding hydrogens is 522 g/mol. The Kier molecular flexibility index (Phi) is 5.70. The van der Waals surface area contributed by atoms with E-state index in [9.17, 15) is 0 Å². The molecule has 0 aliphatic heterocycles. The minimum Gasteiger partial charge on any atom is -0.336 e. The molecule has 2 heterocycles. The van der Waals surface area contributed by atoms with Crippen LogP contribution in [-0.2, 0) is 0 Å². The predicted molar refractivity (Wildman–Crippen MR) is 183 cm³/mol. The molecule has 0 amide bonds. The van der Waals surface area contributed by atoms with E-state index in [1.807, 2.05) is 0 Å². The molecule has 2 aromatic heterocycles. The largest absolute Gasteiger partial charge is 0.336 e. The van der Waals surface area contributed by atoms with Crippen LogP contribution in [0, 0.1) is 0 Å². The standard InChI is InChI=1S/C40H33N3/c1-40(2,3)43(29-16-8-5-9-17-29)31-23-25-39-35(27-31)34-26-30(22-24-38(34)41(39)28-14-6-4-7-15-28)42-36-20-12-10-18-32(36)33-19-11-13-21-37(33)42/h4-27H,1-3H3. The Bertz CT molecular complexity index is 2210. The molecular formula is C40H33N3. The molecule has 6 aromatic carbocycles. The average Bonchev–Trinajstić information content (AvgIpc) is 3.54. The van der Waals surface area contributed by atoms with Crippen molar-refractivity contribution < 1.29 is 0 Å². The molecule has 0 saturated carbocycles. The smallest absolute Gasteiger partial charge is 0.0542 e. The summed E-state index contributed by atoms with van der Waals surface area (Å²) in [5.74, 6) is 0. The Hall–Kier alpha value is -5.28. The number of benzene rings is 6. The average molecular weight is 556 g/mol. The van der Waals surface area contributed by atoms with Crippen LogP contribution in [0.2, 0.25) is 0 Å². The van der Waals surface area contributed by atoms with Crippen LogP contribution in [0.5, 0.6) is 0 Å². The third-order valence-electron chi connectivity index (χ3n) is 8.53. The SMILES string of the molecule is CC(C)(C)N(c1ccccc1)c1ccc2c(c1)c1cc(-n3c4ccccc4c4ccccc43)ccc1n2-c1ccccc1. The first-order valence-electron chi connectivity index (χ1n) is 15.0. The molecule has 0 bridgehead atoms. The van der Waals surface area contributed by atoms with E-state index >= 15 is 0 Å². The van der Waals surface area contributed by atoms with E-state index in [0.29, 0.717) is 0 Å². The van der Waals surface area contributed by atoms with Gasteiger partial charge in [-0.1, -0.05) is 72.8 Å². The number of rotatable bonds is 4. The van der Waals surface area contributed by atoms with Crippen molar-refractivity contribution in [1.82, 2.24) is 9.13 Å². The van der Waals surface area contributed by atoms with Crippen LogP contribution in [0.15, 0.2) is 146 Å². The summed E-state index contributed by atoms with van der Waals surface area (Å²) in [6.45, 7) is 6.83. The van der Waals surface area contributed by atoms with Gasteiger partial charge in [-0.05, 0) is 93.6 Å². The molecule has 0 N–H and O–H groups in total. The zero-order valence-corrected chi connectivity index (χ0v) is 24.7. The summed E-state index contributed by atoms with van der Waals surface area (Å²) in [6.07, 6.45) is 0. The van der Waals surface area contributed by atoms with Gasteiger partial charge in [-0.3, -0.25) is 0 Å². The van der Waals surface area contributed by atoms with Crippen molar-refractivity contribution in [2.45, 2.75) is 26.3 Å². The number of hydrogen-bond donors (Lipinski definition) is 0. The highest BCUT2D eigenvalue weighted by Gasteiger charge is 2.25. The maximum absolute atomic E-state index is 2.44. The monoisotopic (exact) mass is 555 g/mol. The molecule has 0 saturated heterocycles. The summed E-state index contributed by atoms with van der Waals surface area (Å²) in [4.78, 5) is 2.44. The topological polar surface area (TPSA) is 13.1 Å². The lowest BCUT2D eigenvalue weighted by Gasteiger charge is -2.38. The fourth-order valence-electron chi connectivity index (χ4n) is 6.83. The molecule has 0 unspecified atom stereocenters. The first-order chi connectivity index (χ1) is 21.0. The van der Waals surface area contributed by atoms with Crippen LogP contribution in [0.1, 0.15) is 20.8 Å². The third-order valence-corrected chi connectivity index (χ3v) is 8.53. The highest BCUT2D eigenvalue weighted by Crippen LogP contribution is 2.40. The Balaban J connectivity index is 1.44. The van der Waals surface area contributed by atoms with Gasteiger partial charge in [0.15, 0.2) is 0 Å². The number of hydrogen-bond acceptors (Lipinski definition) is 1. The molecule has 0 atom stereocenters. The number of nitrogens with zero attached hydrogens (tertiary/aromatic N) is 3. The zero-order valence-electron chi connectivity index (χ0n) is 24.7. The summed E-state index contributed by atoms with van der Waals surface area (Å²) < 4.78 is 4.80. The lowest BCUT2D eigenvalue weighted by Crippen LogP contribution is -2.37. The molecule has 0 aliphatic carbocycles. The van der Waals surface area contributed by atoms with Crippen molar-refractivity contribution in [2.75, 3.05) is 4.90 Å². The van der Waals surface area contributed by atoms with Gasteiger partial charge in [0.2, 0.25) is 0 Å². The fraction of sp³-hybridized carbons (Fsp3) is 0.100. The van der Waals surface area contributed by atoms with Gasteiger partial charge in [0.1, 0.15) is 0 Å². The Morgan fingerprint density at radius 1 is 0.395 bits per heavy atom. The highest BCUT2D eigenvalue weighted by molar-refractivity contribution is 6.13. The molecule has 43 heavy (non-hydrogen) atoms. The Morgan fingerprint density at radius 3 is 1.51 bits per heavy atom. The van der Waals surface area contributed by atoms with Crippen LogP contribution in [0.4, 0.5) is 11.4 Å². The van der Waals surface area contributed by atoms with Gasteiger partial charge in [-0.25, -0.2) is 0 Å². The maximum Gasteiger partial charge on any atom is 0.0542 e. The summed E-state index contributed by atoms with van der Waals surface area (Å²) in [5.41, 5.74) is 9.43. The van der Waals surface area contributed by atoms with E-state index < -0.39 is 0 Å². The lowest BCUT2D eigenvalue weighted by atomic mass is 10.0. The number of anilines is 2. The molecule has 3 nitrogen and oxygen atoms in total. The normalized spacial score (nSPS) is 12.1. The Morgan fingerprint density at radius 2 is 0.884 bits per heavy atom. The molecule has 0 spiro atoms. The van der Waals surface area contributed by atoms with Crippen LogP contribution in [-0.4, -0.2) is 14.7 Å². The van der Waals surface area contributed by atoms with Crippen molar-refractivity contribution in [2.24, 2.45) is 0 Å². The van der Waals surface area contributed by atoms with Crippen LogP contribution < -0.4 is 4.90 Å². The fourth-order valence-corrected chi connectivity index (χ4v) is 6.83. The van der Waals surface area contributed by atoms with Gasteiger partial charge in [-0.15, -0.1) is 0 Å². The first kappa shape index (κ1) is 25.4. The van der Waals surface area contributed by atoms with Gasteiger partial charge < -0.3 is 14.0 Å². The van der Waals surface area contributed by atoms with Crippen molar-refractivity contribution in [1.29, 1.82) is 0 Å². The summed E-state index contributed by atoms with van der Waals surface area (Å²) in [5, 5.41) is 5.03. The second kappa shape index (κ2) is 9.64. The van der Waals surface area contributed by atoms with Gasteiger partial charge in [0, 0.05) is 49.8 Å². The van der Waals surface area contributed by atoms with E-state index in [1.54, 1.807) is 0 Å². The zero-order chi connectivity index (χ0) is 29.1. The summed E-state index contributed by atoms with van der Waals surface area (Å²) >= 11 is 0. The third kappa shape index (κ3) is 4.04. The van der Waals surface area contributed by atoms with Crippen LogP contribution in [0.25, 0.3) is 55.0 Å². The molecule has 208 valence electrons.